The van der Waals surface area contributed by atoms with Gasteiger partial charge in [0.2, 0.25) is 5.95 Å². The molecular formula is C18H20N6O3. The summed E-state index contributed by atoms with van der Waals surface area (Å²) in [6, 6.07) is 7.46. The molecule has 9 nitrogen and oxygen atoms in total. The first kappa shape index (κ1) is 17.4. The van der Waals surface area contributed by atoms with Gasteiger partial charge < -0.3 is 25.2 Å². The maximum Gasteiger partial charge on any atom is 0.224 e. The number of aliphatic hydroxyl groups excluding tert-OH is 1. The number of nitrogens with zero attached hydrogens (tertiary/aromatic N) is 5. The number of nitrogens with two attached hydrogens (primary N) is 1. The summed E-state index contributed by atoms with van der Waals surface area (Å²) in [5.74, 6) is 1.54. The highest BCUT2D eigenvalue weighted by Crippen LogP contribution is 2.26. The fraction of sp³-hybridized carbons (Fsp3) is 0.333. The normalized spacial score (nSPS) is 14.5. The topological polar surface area (TPSA) is 120 Å². The first-order valence-electron chi connectivity index (χ1n) is 8.71. The third-order valence-electron chi connectivity index (χ3n) is 4.23. The number of benzene rings is 1. The Kier molecular flexibility index (Phi) is 4.95. The first-order chi connectivity index (χ1) is 13.2. The second kappa shape index (κ2) is 7.68. The predicted octanol–water partition coefficient (Wildman–Crippen LogP) is 0.877. The summed E-state index contributed by atoms with van der Waals surface area (Å²) >= 11 is 0. The van der Waals surface area contributed by atoms with Crippen LogP contribution in [0, 0.1) is 0 Å². The number of hydrogen-bond donors (Lipinski definition) is 2. The van der Waals surface area contributed by atoms with Crippen LogP contribution in [0.25, 0.3) is 22.4 Å². The van der Waals surface area contributed by atoms with Crippen LogP contribution in [0.4, 0.5) is 11.8 Å². The zero-order valence-electron chi connectivity index (χ0n) is 14.7. The van der Waals surface area contributed by atoms with Gasteiger partial charge in [-0.3, -0.25) is 0 Å². The summed E-state index contributed by atoms with van der Waals surface area (Å²) in [4.78, 5) is 19.9. The second-order valence-corrected chi connectivity index (χ2v) is 6.03. The van der Waals surface area contributed by atoms with Gasteiger partial charge in [-0.1, -0.05) is 0 Å². The summed E-state index contributed by atoms with van der Waals surface area (Å²) in [5, 5.41) is 8.84. The summed E-state index contributed by atoms with van der Waals surface area (Å²) in [5.41, 5.74) is 8.54. The average molecular weight is 368 g/mol. The highest BCUT2D eigenvalue weighted by molar-refractivity contribution is 5.85. The molecule has 0 bridgehead atoms. The maximum absolute atomic E-state index is 8.84. The summed E-state index contributed by atoms with van der Waals surface area (Å²) < 4.78 is 10.8. The predicted molar refractivity (Wildman–Crippen MR) is 101 cm³/mol. The molecule has 0 atom stereocenters. The molecule has 1 aliphatic rings. The van der Waals surface area contributed by atoms with Crippen molar-refractivity contribution in [2.45, 2.75) is 0 Å². The van der Waals surface area contributed by atoms with E-state index in [-0.39, 0.29) is 19.2 Å². The minimum atomic E-state index is -0.0225. The van der Waals surface area contributed by atoms with Crippen molar-refractivity contribution in [2.24, 2.45) is 0 Å². The number of aromatic nitrogens is 4. The summed E-state index contributed by atoms with van der Waals surface area (Å²) in [7, 11) is 0. The Bertz CT molecular complexity index is 928. The van der Waals surface area contributed by atoms with Crippen molar-refractivity contribution in [1.82, 2.24) is 19.9 Å². The van der Waals surface area contributed by atoms with Gasteiger partial charge in [0, 0.05) is 18.7 Å². The summed E-state index contributed by atoms with van der Waals surface area (Å²) in [6.07, 6.45) is 1.67. The molecule has 140 valence electrons. The molecule has 4 rings (SSSR count). The van der Waals surface area contributed by atoms with Crippen LogP contribution in [0.3, 0.4) is 0 Å². The molecule has 0 amide bonds. The van der Waals surface area contributed by atoms with Crippen molar-refractivity contribution in [3.05, 3.63) is 30.5 Å². The van der Waals surface area contributed by atoms with Gasteiger partial charge in [-0.25, -0.2) is 9.97 Å². The standard InChI is InChI=1S/C18H20N6O3/c19-18-22-16-15(17(23-18)24-5-8-26-9-6-24)21-14(11-20-16)12-1-3-13(4-2-12)27-10-7-25/h1-4,11,25H,5-10H2,(H2,19,20,22,23). The molecule has 3 N–H and O–H groups in total. The van der Waals surface area contributed by atoms with E-state index in [4.69, 9.17) is 25.3 Å². The Hall–Kier alpha value is -3.04. The Morgan fingerprint density at radius 2 is 1.89 bits per heavy atom. The molecule has 9 heteroatoms. The van der Waals surface area contributed by atoms with Crippen molar-refractivity contribution in [3.8, 4) is 17.0 Å². The van der Waals surface area contributed by atoms with Crippen molar-refractivity contribution in [3.63, 3.8) is 0 Å². The Balaban J connectivity index is 1.71. The van der Waals surface area contributed by atoms with Gasteiger partial charge >= 0.3 is 0 Å². The van der Waals surface area contributed by atoms with E-state index in [9.17, 15) is 0 Å². The van der Waals surface area contributed by atoms with E-state index in [0.717, 1.165) is 5.56 Å². The number of ether oxygens (including phenoxy) is 2. The monoisotopic (exact) mass is 368 g/mol. The van der Waals surface area contributed by atoms with Gasteiger partial charge in [0.05, 0.1) is 31.7 Å². The van der Waals surface area contributed by atoms with Gasteiger partial charge in [0.1, 0.15) is 12.4 Å². The average Bonchev–Trinajstić information content (AvgIpc) is 2.72. The lowest BCUT2D eigenvalue weighted by Gasteiger charge is -2.28. The molecule has 0 radical (unpaired) electrons. The smallest absolute Gasteiger partial charge is 0.224 e. The third kappa shape index (κ3) is 3.74. The van der Waals surface area contributed by atoms with Crippen LogP contribution in [-0.2, 0) is 4.74 Å². The molecule has 0 unspecified atom stereocenters. The Labute approximate surface area is 155 Å². The van der Waals surface area contributed by atoms with E-state index in [0.29, 0.717) is 54.7 Å². The zero-order chi connectivity index (χ0) is 18.6. The van der Waals surface area contributed by atoms with Gasteiger partial charge in [-0.2, -0.15) is 9.97 Å². The van der Waals surface area contributed by atoms with Crippen LogP contribution in [0.2, 0.25) is 0 Å². The second-order valence-electron chi connectivity index (χ2n) is 6.03. The van der Waals surface area contributed by atoms with Crippen molar-refractivity contribution < 1.29 is 14.6 Å². The lowest BCUT2D eigenvalue weighted by atomic mass is 10.1. The molecule has 3 heterocycles. The molecule has 1 aromatic carbocycles. The van der Waals surface area contributed by atoms with Gasteiger partial charge in [0.25, 0.3) is 0 Å². The third-order valence-corrected chi connectivity index (χ3v) is 4.23. The Morgan fingerprint density at radius 3 is 2.63 bits per heavy atom. The Morgan fingerprint density at radius 1 is 1.11 bits per heavy atom. The number of morpholine rings is 1. The lowest BCUT2D eigenvalue weighted by Crippen LogP contribution is -2.37. The van der Waals surface area contributed by atoms with Crippen LogP contribution in [0.1, 0.15) is 0 Å². The quantitative estimate of drug-likeness (QED) is 0.676. The van der Waals surface area contributed by atoms with Crippen molar-refractivity contribution >= 4 is 22.9 Å². The minimum Gasteiger partial charge on any atom is -0.491 e. The largest absolute Gasteiger partial charge is 0.491 e. The summed E-state index contributed by atoms with van der Waals surface area (Å²) in [6.45, 7) is 2.94. The van der Waals surface area contributed by atoms with Crippen LogP contribution in [-0.4, -0.2) is 64.6 Å². The van der Waals surface area contributed by atoms with Gasteiger partial charge in [-0.15, -0.1) is 0 Å². The van der Waals surface area contributed by atoms with E-state index in [2.05, 4.69) is 19.9 Å². The molecule has 1 saturated heterocycles. The van der Waals surface area contributed by atoms with Crippen LogP contribution >= 0.6 is 0 Å². The fourth-order valence-electron chi connectivity index (χ4n) is 2.93. The van der Waals surface area contributed by atoms with Gasteiger partial charge in [0.15, 0.2) is 17.0 Å². The molecule has 1 fully saturated rings. The van der Waals surface area contributed by atoms with Crippen LogP contribution in [0.5, 0.6) is 5.75 Å². The lowest BCUT2D eigenvalue weighted by molar-refractivity contribution is 0.122. The van der Waals surface area contributed by atoms with E-state index in [1.54, 1.807) is 6.20 Å². The molecule has 0 aliphatic carbocycles. The number of nitrogen functional groups attached to an aromatic ring is 1. The van der Waals surface area contributed by atoms with E-state index in [1.165, 1.54) is 0 Å². The minimum absolute atomic E-state index is 0.0225. The molecule has 27 heavy (non-hydrogen) atoms. The highest BCUT2D eigenvalue weighted by atomic mass is 16.5. The van der Waals surface area contributed by atoms with Crippen LogP contribution < -0.4 is 15.4 Å². The zero-order valence-corrected chi connectivity index (χ0v) is 14.7. The van der Waals surface area contributed by atoms with Crippen molar-refractivity contribution in [1.29, 1.82) is 0 Å². The molecular weight excluding hydrogens is 348 g/mol. The van der Waals surface area contributed by atoms with Crippen molar-refractivity contribution in [2.75, 3.05) is 50.2 Å². The van der Waals surface area contributed by atoms with E-state index < -0.39 is 0 Å². The molecule has 0 saturated carbocycles. The number of rotatable bonds is 5. The van der Waals surface area contributed by atoms with Crippen LogP contribution in [0.15, 0.2) is 30.5 Å². The van der Waals surface area contributed by atoms with E-state index in [1.807, 2.05) is 24.3 Å². The molecule has 1 aliphatic heterocycles. The maximum atomic E-state index is 8.84. The number of fused-ring (bicyclic) bond motifs is 1. The van der Waals surface area contributed by atoms with Gasteiger partial charge in [-0.05, 0) is 24.3 Å². The molecule has 2 aromatic heterocycles. The number of aliphatic hydroxyl groups is 1. The number of anilines is 2. The van der Waals surface area contributed by atoms with E-state index >= 15 is 0 Å². The highest BCUT2D eigenvalue weighted by Gasteiger charge is 2.19. The number of hydrogen-bond acceptors (Lipinski definition) is 9. The first-order valence-corrected chi connectivity index (χ1v) is 8.71. The SMILES string of the molecule is Nc1nc(N2CCOCC2)c2nc(-c3ccc(OCCO)cc3)cnc2n1. The molecule has 3 aromatic rings. The fourth-order valence-corrected chi connectivity index (χ4v) is 2.93. The molecule has 0 spiro atoms.